The van der Waals surface area contributed by atoms with Gasteiger partial charge in [0.2, 0.25) is 0 Å². The smallest absolute Gasteiger partial charge is 0.0559 e. The standard InChI is InChI=1S/C55H50N4/c1-3-17-45(18-4-2)56-46-31-37-53(38-32-46)58(49-23-13-7-14-24-49)51-33-27-43(28-34-51)44-29-35-52(36-30-44)59(50-25-15-8-16-26-50)55-41-39-54(40-42-55)57(47-19-9-5-10-20-47)48-21-11-6-12-22-48/h3-13,15-23,25,27-42,50,56H,1,14,24,26H2,2H3/b18-4-,45-17+. The molecular weight excluding hydrogens is 717 g/mol. The zero-order valence-electron chi connectivity index (χ0n) is 33.6. The molecule has 0 bridgehead atoms. The monoisotopic (exact) mass is 766 g/mol. The van der Waals surface area contributed by atoms with Gasteiger partial charge in [-0.3, -0.25) is 0 Å². The average molecular weight is 767 g/mol. The summed E-state index contributed by atoms with van der Waals surface area (Å²) in [6.07, 6.45) is 26.3. The van der Waals surface area contributed by atoms with Crippen molar-refractivity contribution in [1.29, 1.82) is 0 Å². The van der Waals surface area contributed by atoms with E-state index in [2.05, 4.69) is 227 Å². The maximum atomic E-state index is 3.86. The van der Waals surface area contributed by atoms with E-state index in [0.29, 0.717) is 0 Å². The second-order valence-electron chi connectivity index (χ2n) is 14.6. The molecule has 0 amide bonds. The van der Waals surface area contributed by atoms with Gasteiger partial charge < -0.3 is 20.0 Å². The molecule has 0 fully saturated rings. The molecule has 0 saturated heterocycles. The first-order valence-electron chi connectivity index (χ1n) is 20.5. The van der Waals surface area contributed by atoms with Gasteiger partial charge in [0.25, 0.3) is 0 Å². The number of hydrogen-bond acceptors (Lipinski definition) is 4. The first-order chi connectivity index (χ1) is 29.2. The molecule has 1 N–H and O–H groups in total. The number of benzene rings is 6. The largest absolute Gasteiger partial charge is 0.356 e. The van der Waals surface area contributed by atoms with Gasteiger partial charge in [-0.2, -0.15) is 0 Å². The van der Waals surface area contributed by atoms with Gasteiger partial charge in [0, 0.05) is 56.9 Å². The van der Waals surface area contributed by atoms with Crippen LogP contribution < -0.4 is 20.0 Å². The van der Waals surface area contributed by atoms with Crippen LogP contribution in [0.1, 0.15) is 26.2 Å². The number of nitrogens with one attached hydrogen (secondary N) is 1. The van der Waals surface area contributed by atoms with Gasteiger partial charge in [-0.25, -0.2) is 0 Å². The Morgan fingerprint density at radius 2 is 1.10 bits per heavy atom. The molecule has 6 aromatic carbocycles. The minimum atomic E-state index is 0.203. The van der Waals surface area contributed by atoms with Crippen LogP contribution in [0.25, 0.3) is 11.1 Å². The predicted molar refractivity (Wildman–Crippen MR) is 254 cm³/mol. The van der Waals surface area contributed by atoms with Crippen LogP contribution in [-0.2, 0) is 0 Å². The minimum Gasteiger partial charge on any atom is -0.356 e. The Hall–Kier alpha value is -7.30. The van der Waals surface area contributed by atoms with Crippen LogP contribution >= 0.6 is 0 Å². The Labute approximate surface area is 350 Å². The number of anilines is 8. The zero-order valence-corrected chi connectivity index (χ0v) is 33.6. The van der Waals surface area contributed by atoms with Crippen LogP contribution in [0.2, 0.25) is 0 Å². The summed E-state index contributed by atoms with van der Waals surface area (Å²) in [5.74, 6) is 0. The van der Waals surface area contributed by atoms with Gasteiger partial charge in [0.1, 0.15) is 0 Å². The van der Waals surface area contributed by atoms with Gasteiger partial charge in [0.15, 0.2) is 0 Å². The van der Waals surface area contributed by atoms with E-state index >= 15 is 0 Å². The quantitative estimate of drug-likeness (QED) is 0.111. The molecule has 0 radical (unpaired) electrons. The number of rotatable bonds is 14. The molecule has 4 nitrogen and oxygen atoms in total. The van der Waals surface area contributed by atoms with Crippen LogP contribution in [0, 0.1) is 0 Å². The summed E-state index contributed by atoms with van der Waals surface area (Å²) >= 11 is 0. The van der Waals surface area contributed by atoms with Gasteiger partial charge >= 0.3 is 0 Å². The van der Waals surface area contributed by atoms with E-state index in [0.717, 1.165) is 70.5 Å². The molecule has 8 rings (SSSR count). The molecule has 1 atom stereocenters. The summed E-state index contributed by atoms with van der Waals surface area (Å²) in [5.41, 5.74) is 13.6. The third-order valence-corrected chi connectivity index (χ3v) is 10.6. The number of allylic oxidation sites excluding steroid dienone is 10. The Balaban J connectivity index is 1.05. The molecular formula is C55H50N4. The molecule has 2 aliphatic carbocycles. The molecule has 0 spiro atoms. The summed E-state index contributed by atoms with van der Waals surface area (Å²) in [6, 6.07) is 56.9. The van der Waals surface area contributed by atoms with Crippen molar-refractivity contribution < 1.29 is 0 Å². The van der Waals surface area contributed by atoms with E-state index in [1.807, 2.05) is 25.2 Å². The van der Waals surface area contributed by atoms with Crippen molar-refractivity contribution in [1.82, 2.24) is 0 Å². The van der Waals surface area contributed by atoms with Crippen molar-refractivity contribution in [2.24, 2.45) is 0 Å². The molecule has 6 aromatic rings. The van der Waals surface area contributed by atoms with Crippen molar-refractivity contribution in [3.8, 4) is 11.1 Å². The molecule has 2 aliphatic rings. The van der Waals surface area contributed by atoms with E-state index in [-0.39, 0.29) is 6.04 Å². The predicted octanol–water partition coefficient (Wildman–Crippen LogP) is 15.3. The zero-order chi connectivity index (χ0) is 40.2. The van der Waals surface area contributed by atoms with E-state index in [1.165, 1.54) is 16.8 Å². The van der Waals surface area contributed by atoms with E-state index in [4.69, 9.17) is 0 Å². The topological polar surface area (TPSA) is 21.8 Å². The lowest BCUT2D eigenvalue weighted by atomic mass is 10.0. The van der Waals surface area contributed by atoms with Crippen molar-refractivity contribution >= 4 is 45.5 Å². The molecule has 59 heavy (non-hydrogen) atoms. The van der Waals surface area contributed by atoms with Gasteiger partial charge in [0.05, 0.1) is 6.04 Å². The molecule has 0 saturated carbocycles. The van der Waals surface area contributed by atoms with E-state index < -0.39 is 0 Å². The van der Waals surface area contributed by atoms with E-state index in [9.17, 15) is 0 Å². The van der Waals surface area contributed by atoms with Crippen LogP contribution in [0.15, 0.2) is 243 Å². The highest BCUT2D eigenvalue weighted by molar-refractivity contribution is 5.79. The minimum absolute atomic E-state index is 0.203. The Bertz CT molecular complexity index is 2450. The van der Waals surface area contributed by atoms with Gasteiger partial charge in [-0.05, 0) is 153 Å². The third kappa shape index (κ3) is 9.14. The molecule has 4 heteroatoms. The van der Waals surface area contributed by atoms with Crippen LogP contribution in [0.5, 0.6) is 0 Å². The maximum absolute atomic E-state index is 3.86. The van der Waals surface area contributed by atoms with Crippen molar-refractivity contribution in [2.75, 3.05) is 20.0 Å². The highest BCUT2D eigenvalue weighted by atomic mass is 15.2. The van der Waals surface area contributed by atoms with Crippen molar-refractivity contribution in [3.63, 3.8) is 0 Å². The fraction of sp³-hybridized carbons (Fsp3) is 0.0909. The van der Waals surface area contributed by atoms with Crippen LogP contribution in [0.3, 0.4) is 0 Å². The third-order valence-electron chi connectivity index (χ3n) is 10.6. The van der Waals surface area contributed by atoms with Crippen LogP contribution in [-0.4, -0.2) is 6.04 Å². The second kappa shape index (κ2) is 18.8. The maximum Gasteiger partial charge on any atom is 0.0559 e. The number of nitrogens with zero attached hydrogens (tertiary/aromatic N) is 3. The first kappa shape index (κ1) is 38.6. The Morgan fingerprint density at radius 1 is 0.576 bits per heavy atom. The summed E-state index contributed by atoms with van der Waals surface area (Å²) < 4.78 is 0. The normalized spacial score (nSPS) is 14.8. The summed E-state index contributed by atoms with van der Waals surface area (Å²) in [6.45, 7) is 5.87. The number of hydrogen-bond donors (Lipinski definition) is 1. The lowest BCUT2D eigenvalue weighted by Crippen LogP contribution is -2.29. The molecule has 1 unspecified atom stereocenters. The first-order valence-corrected chi connectivity index (χ1v) is 20.5. The Kier molecular flexibility index (Phi) is 12.3. The second-order valence-corrected chi connectivity index (χ2v) is 14.6. The highest BCUT2D eigenvalue weighted by Crippen LogP contribution is 2.39. The molecule has 290 valence electrons. The SMILES string of the molecule is C=C/C=C(\C=C/C)Nc1ccc(N(C2=CC=CCC2)c2ccc(-c3ccc(N(c4ccc(N(c5ccccc5)c5ccccc5)cc4)C4C=CC=CC4)cc3)cc2)cc1. The highest BCUT2D eigenvalue weighted by Gasteiger charge is 2.21. The summed E-state index contributed by atoms with van der Waals surface area (Å²) in [5, 5.41) is 3.50. The number of para-hydroxylation sites is 2. The lowest BCUT2D eigenvalue weighted by Gasteiger charge is -2.33. The van der Waals surface area contributed by atoms with Gasteiger partial charge in [-0.15, -0.1) is 0 Å². The fourth-order valence-electron chi connectivity index (χ4n) is 7.83. The average Bonchev–Trinajstić information content (AvgIpc) is 3.30. The summed E-state index contributed by atoms with van der Waals surface area (Å²) in [7, 11) is 0. The van der Waals surface area contributed by atoms with Crippen LogP contribution in [0.4, 0.5) is 45.5 Å². The molecule has 0 aromatic heterocycles. The fourth-order valence-corrected chi connectivity index (χ4v) is 7.83. The molecule has 0 heterocycles. The van der Waals surface area contributed by atoms with Crippen molar-refractivity contribution in [3.05, 3.63) is 243 Å². The van der Waals surface area contributed by atoms with E-state index in [1.54, 1.807) is 6.08 Å². The Morgan fingerprint density at radius 3 is 1.63 bits per heavy atom. The lowest BCUT2D eigenvalue weighted by molar-refractivity contribution is 0.785. The van der Waals surface area contributed by atoms with Gasteiger partial charge in [-0.1, -0.05) is 116 Å². The van der Waals surface area contributed by atoms with Crippen molar-refractivity contribution in [2.45, 2.75) is 32.2 Å². The summed E-state index contributed by atoms with van der Waals surface area (Å²) in [4.78, 5) is 7.13. The molecule has 0 aliphatic heterocycles.